The van der Waals surface area contributed by atoms with E-state index in [0.717, 1.165) is 66.1 Å². The summed E-state index contributed by atoms with van der Waals surface area (Å²) in [7, 11) is 0. The van der Waals surface area contributed by atoms with E-state index in [0.29, 0.717) is 5.41 Å². The highest BCUT2D eigenvalue weighted by atomic mass is 16.5. The summed E-state index contributed by atoms with van der Waals surface area (Å²) in [4.78, 5) is 0. The molecule has 156 valence electrons. The van der Waals surface area contributed by atoms with Gasteiger partial charge in [0.1, 0.15) is 0 Å². The van der Waals surface area contributed by atoms with Gasteiger partial charge in [-0.15, -0.1) is 0 Å². The Labute approximate surface area is 174 Å². The lowest BCUT2D eigenvalue weighted by molar-refractivity contribution is -0.153. The zero-order valence-electron chi connectivity index (χ0n) is 17.7. The third-order valence-electron chi connectivity index (χ3n) is 10.9. The maximum atomic E-state index is 9.37. The fourth-order valence-corrected chi connectivity index (χ4v) is 9.86. The Hall–Kier alpha value is -1.09. The molecule has 0 saturated heterocycles. The molecule has 6 unspecified atom stereocenters. The van der Waals surface area contributed by atoms with E-state index in [1.165, 1.54) is 51.4 Å². The molecule has 7 aliphatic rings. The fourth-order valence-electron chi connectivity index (χ4n) is 9.86. The zero-order valence-corrected chi connectivity index (χ0v) is 17.7. The first-order valence-electron chi connectivity index (χ1n) is 12.5. The van der Waals surface area contributed by atoms with Crippen molar-refractivity contribution >= 4 is 5.71 Å². The normalized spacial score (nSPS) is 56.0. The Morgan fingerprint density at radius 2 is 2.07 bits per heavy atom. The first-order valence-corrected chi connectivity index (χ1v) is 12.5. The maximum Gasteiger partial charge on any atom is 0.0957 e. The van der Waals surface area contributed by atoms with Crippen molar-refractivity contribution in [3.8, 4) is 0 Å². The van der Waals surface area contributed by atoms with Gasteiger partial charge in [-0.2, -0.15) is 0 Å². The molecule has 3 nitrogen and oxygen atoms in total. The molecule has 0 aromatic carbocycles. The molecule has 0 radical (unpaired) electrons. The van der Waals surface area contributed by atoms with Gasteiger partial charge in [-0.3, -0.25) is 0 Å². The third-order valence-corrected chi connectivity index (χ3v) is 10.9. The quantitative estimate of drug-likeness (QED) is 0.377. The third kappa shape index (κ3) is 2.07. The van der Waals surface area contributed by atoms with Crippen LogP contribution in [0.4, 0.5) is 0 Å². The first kappa shape index (κ1) is 17.6. The molecule has 0 amide bonds. The lowest BCUT2D eigenvalue weighted by Gasteiger charge is -2.60. The number of fused-ring (bicyclic) bond motifs is 9. The van der Waals surface area contributed by atoms with E-state index in [1.54, 1.807) is 5.57 Å². The van der Waals surface area contributed by atoms with Crippen molar-refractivity contribution in [2.45, 2.75) is 70.3 Å². The molecule has 9 atom stereocenters. The highest BCUT2D eigenvalue weighted by molar-refractivity contribution is 5.96. The Bertz CT molecular complexity index is 825. The van der Waals surface area contributed by atoms with E-state index in [4.69, 9.17) is 4.74 Å². The molecule has 7 rings (SSSR count). The SMILES string of the molecule is CC[C@]12CCC3C(C(C4CC4)CC4=CC(=NO)CC[C@@H]43)C1C1CC1[C@@]21C=CCO1. The van der Waals surface area contributed by atoms with Crippen LogP contribution in [-0.2, 0) is 4.74 Å². The minimum absolute atomic E-state index is 0.0789. The predicted octanol–water partition coefficient (Wildman–Crippen LogP) is 5.60. The first-order chi connectivity index (χ1) is 14.2. The van der Waals surface area contributed by atoms with Crippen LogP contribution in [-0.4, -0.2) is 23.1 Å². The van der Waals surface area contributed by atoms with Crippen LogP contribution in [0.1, 0.15) is 64.7 Å². The summed E-state index contributed by atoms with van der Waals surface area (Å²) in [5.74, 6) is 6.99. The van der Waals surface area contributed by atoms with Crippen molar-refractivity contribution in [1.29, 1.82) is 0 Å². The second-order valence-corrected chi connectivity index (χ2v) is 11.5. The number of allylic oxidation sites excluding steroid dienone is 2. The molecule has 3 heteroatoms. The van der Waals surface area contributed by atoms with Crippen LogP contribution in [0.25, 0.3) is 0 Å². The fraction of sp³-hybridized carbons (Fsp3) is 0.808. The van der Waals surface area contributed by atoms with Gasteiger partial charge in [-0.05, 0) is 111 Å². The lowest BCUT2D eigenvalue weighted by atomic mass is 9.45. The maximum absolute atomic E-state index is 9.37. The van der Waals surface area contributed by atoms with Gasteiger partial charge in [-0.25, -0.2) is 0 Å². The molecule has 0 aromatic heterocycles. The van der Waals surface area contributed by atoms with Gasteiger partial charge in [0.05, 0.1) is 17.9 Å². The van der Waals surface area contributed by atoms with Crippen molar-refractivity contribution in [3.63, 3.8) is 0 Å². The van der Waals surface area contributed by atoms with Crippen LogP contribution in [0.2, 0.25) is 0 Å². The smallest absolute Gasteiger partial charge is 0.0957 e. The molecule has 1 heterocycles. The number of rotatable bonds is 2. The summed E-state index contributed by atoms with van der Waals surface area (Å²) in [6.45, 7) is 3.32. The van der Waals surface area contributed by atoms with Crippen LogP contribution in [0, 0.1) is 52.8 Å². The van der Waals surface area contributed by atoms with Crippen molar-refractivity contribution in [1.82, 2.24) is 0 Å². The molecule has 29 heavy (non-hydrogen) atoms. The number of nitrogens with zero attached hydrogens (tertiary/aromatic N) is 1. The van der Waals surface area contributed by atoms with Gasteiger partial charge in [0.2, 0.25) is 0 Å². The van der Waals surface area contributed by atoms with Gasteiger partial charge in [0, 0.05) is 5.41 Å². The molecule has 0 bridgehead atoms. The summed E-state index contributed by atoms with van der Waals surface area (Å²) in [6, 6.07) is 0. The van der Waals surface area contributed by atoms with Crippen molar-refractivity contribution < 1.29 is 9.94 Å². The van der Waals surface area contributed by atoms with Crippen LogP contribution < -0.4 is 0 Å². The highest BCUT2D eigenvalue weighted by Crippen LogP contribution is 2.79. The van der Waals surface area contributed by atoms with Gasteiger partial charge >= 0.3 is 0 Å². The minimum Gasteiger partial charge on any atom is -0.411 e. The zero-order chi connectivity index (χ0) is 19.4. The molecular formula is C26H35NO2. The van der Waals surface area contributed by atoms with E-state index in [2.05, 4.69) is 30.3 Å². The molecule has 5 saturated carbocycles. The van der Waals surface area contributed by atoms with Crippen LogP contribution in [0.5, 0.6) is 0 Å². The summed E-state index contributed by atoms with van der Waals surface area (Å²) in [5, 5.41) is 13.0. The van der Waals surface area contributed by atoms with E-state index in [-0.39, 0.29) is 5.60 Å². The van der Waals surface area contributed by atoms with Gasteiger partial charge in [-0.1, -0.05) is 29.8 Å². The van der Waals surface area contributed by atoms with Gasteiger partial charge in [0.25, 0.3) is 0 Å². The summed E-state index contributed by atoms with van der Waals surface area (Å²) < 4.78 is 6.68. The monoisotopic (exact) mass is 393 g/mol. The molecular weight excluding hydrogens is 358 g/mol. The molecule has 6 aliphatic carbocycles. The topological polar surface area (TPSA) is 41.8 Å². The molecule has 1 spiro atoms. The van der Waals surface area contributed by atoms with Crippen LogP contribution >= 0.6 is 0 Å². The average Bonchev–Trinajstić information content (AvgIpc) is 3.69. The molecule has 1 N–H and O–H groups in total. The van der Waals surface area contributed by atoms with Crippen LogP contribution in [0.3, 0.4) is 0 Å². The average molecular weight is 394 g/mol. The lowest BCUT2D eigenvalue weighted by Crippen LogP contribution is -2.57. The Morgan fingerprint density at radius 3 is 2.79 bits per heavy atom. The number of hydrogen-bond donors (Lipinski definition) is 1. The second kappa shape index (κ2) is 5.78. The number of hydrogen-bond acceptors (Lipinski definition) is 3. The van der Waals surface area contributed by atoms with E-state index in [1.807, 2.05) is 0 Å². The summed E-state index contributed by atoms with van der Waals surface area (Å²) in [5.41, 5.74) is 3.04. The van der Waals surface area contributed by atoms with Crippen molar-refractivity contribution in [3.05, 3.63) is 23.8 Å². The summed E-state index contributed by atoms with van der Waals surface area (Å²) >= 11 is 0. The summed E-state index contributed by atoms with van der Waals surface area (Å²) in [6.07, 6.45) is 19.0. The van der Waals surface area contributed by atoms with Gasteiger partial charge in [0.15, 0.2) is 0 Å². The highest BCUT2D eigenvalue weighted by Gasteiger charge is 2.78. The van der Waals surface area contributed by atoms with E-state index in [9.17, 15) is 5.21 Å². The second-order valence-electron chi connectivity index (χ2n) is 11.5. The van der Waals surface area contributed by atoms with Gasteiger partial charge < -0.3 is 9.94 Å². The van der Waals surface area contributed by atoms with E-state index >= 15 is 0 Å². The van der Waals surface area contributed by atoms with Crippen molar-refractivity contribution in [2.75, 3.05) is 6.61 Å². The molecule has 5 fully saturated rings. The van der Waals surface area contributed by atoms with Crippen molar-refractivity contribution in [2.24, 2.45) is 57.9 Å². The number of oxime groups is 1. The molecule has 0 aromatic rings. The Morgan fingerprint density at radius 1 is 1.17 bits per heavy atom. The Kier molecular flexibility index (Phi) is 3.50. The van der Waals surface area contributed by atoms with E-state index < -0.39 is 0 Å². The number of ether oxygens (including phenoxy) is 1. The largest absolute Gasteiger partial charge is 0.411 e. The van der Waals surface area contributed by atoms with Crippen LogP contribution in [0.15, 0.2) is 29.0 Å². The standard InChI is InChI=1S/C26H35NO2/c1-2-25-10-8-19-18-7-6-17(27-28)12-16(18)13-20(15-4-5-15)23(19)24(25)21-14-22(21)26(25)9-3-11-29-26/h3,9,12,15,18-24,28H,2,4-8,10-11,13-14H2,1H3/t18-,19?,20?,21?,22?,23?,24?,25-,26-/m0/s1. The Balaban J connectivity index is 1.33. The molecule has 1 aliphatic heterocycles. The minimum atomic E-state index is 0.0789. The predicted molar refractivity (Wildman–Crippen MR) is 113 cm³/mol.